The summed E-state index contributed by atoms with van der Waals surface area (Å²) in [6, 6.07) is 13.8. The van der Waals surface area contributed by atoms with Crippen molar-refractivity contribution in [3.8, 4) is 17.2 Å². The van der Waals surface area contributed by atoms with Gasteiger partial charge in [-0.2, -0.15) is 9.78 Å². The molecule has 11 heteroatoms. The second-order valence-electron chi connectivity index (χ2n) is 7.36. The van der Waals surface area contributed by atoms with E-state index in [0.717, 1.165) is 20.5 Å². The molecule has 4 rings (SSSR count). The van der Waals surface area contributed by atoms with Gasteiger partial charge in [-0.05, 0) is 62.4 Å². The van der Waals surface area contributed by atoms with Gasteiger partial charge in [-0.15, -0.1) is 11.3 Å². The molecule has 186 valence electrons. The second-order valence-corrected chi connectivity index (χ2v) is 9.15. The van der Waals surface area contributed by atoms with Gasteiger partial charge in [0, 0.05) is 15.2 Å². The van der Waals surface area contributed by atoms with Crippen LogP contribution in [-0.4, -0.2) is 41.5 Å². The number of rotatable bonds is 9. The highest BCUT2D eigenvalue weighted by molar-refractivity contribution is 9.10. The van der Waals surface area contributed by atoms with Crippen molar-refractivity contribution < 1.29 is 23.8 Å². The molecule has 0 fully saturated rings. The number of carbonyl (C=O) groups is 2. The highest BCUT2D eigenvalue weighted by Gasteiger charge is 2.23. The van der Waals surface area contributed by atoms with Crippen molar-refractivity contribution in [3.63, 3.8) is 0 Å². The lowest BCUT2D eigenvalue weighted by molar-refractivity contribution is -0.118. The van der Waals surface area contributed by atoms with Crippen LogP contribution in [0.1, 0.15) is 24.3 Å². The van der Waals surface area contributed by atoms with Crippen molar-refractivity contribution in [2.24, 2.45) is 0 Å². The van der Waals surface area contributed by atoms with Crippen molar-refractivity contribution in [2.75, 3.05) is 25.1 Å². The number of amides is 1. The highest BCUT2D eigenvalue weighted by atomic mass is 79.9. The Bertz CT molecular complexity index is 1450. The lowest BCUT2D eigenvalue weighted by Crippen LogP contribution is -2.26. The average molecular weight is 572 g/mol. The molecule has 0 radical (unpaired) electrons. The Morgan fingerprint density at radius 1 is 1.00 bits per heavy atom. The van der Waals surface area contributed by atoms with Gasteiger partial charge in [0.25, 0.3) is 11.5 Å². The molecule has 2 aromatic carbocycles. The zero-order valence-corrected chi connectivity index (χ0v) is 21.9. The van der Waals surface area contributed by atoms with Crippen LogP contribution in [-0.2, 0) is 9.53 Å². The summed E-state index contributed by atoms with van der Waals surface area (Å²) in [5, 5.41) is 9.36. The molecular weight excluding hydrogens is 550 g/mol. The van der Waals surface area contributed by atoms with E-state index in [1.807, 2.05) is 6.92 Å². The molecule has 0 atom stereocenters. The molecule has 0 bridgehead atoms. The number of benzene rings is 2. The van der Waals surface area contributed by atoms with Gasteiger partial charge in [0.05, 0.1) is 24.3 Å². The van der Waals surface area contributed by atoms with Gasteiger partial charge in [0.15, 0.2) is 12.3 Å². The minimum atomic E-state index is -0.664. The molecule has 0 aliphatic carbocycles. The van der Waals surface area contributed by atoms with E-state index in [2.05, 4.69) is 26.3 Å². The summed E-state index contributed by atoms with van der Waals surface area (Å²) in [6.45, 7) is 4.00. The second kappa shape index (κ2) is 11.4. The fourth-order valence-electron chi connectivity index (χ4n) is 3.36. The number of fused-ring (bicyclic) bond motifs is 1. The first-order chi connectivity index (χ1) is 17.4. The Morgan fingerprint density at radius 2 is 1.67 bits per heavy atom. The number of thiophene rings is 1. The molecular formula is C25H22BrN3O6S. The van der Waals surface area contributed by atoms with Gasteiger partial charge >= 0.3 is 5.97 Å². The van der Waals surface area contributed by atoms with Crippen LogP contribution in [0.25, 0.3) is 16.5 Å². The predicted molar refractivity (Wildman–Crippen MR) is 141 cm³/mol. The summed E-state index contributed by atoms with van der Waals surface area (Å²) in [6.07, 6.45) is 0. The lowest BCUT2D eigenvalue weighted by Gasteiger charge is -2.10. The number of ether oxygens (including phenoxy) is 3. The molecule has 9 nitrogen and oxygen atoms in total. The maximum atomic E-state index is 13.4. The van der Waals surface area contributed by atoms with Crippen LogP contribution >= 0.6 is 27.3 Å². The van der Waals surface area contributed by atoms with E-state index < -0.39 is 17.4 Å². The van der Waals surface area contributed by atoms with E-state index in [-0.39, 0.29) is 29.3 Å². The maximum absolute atomic E-state index is 13.4. The number of halogens is 1. The summed E-state index contributed by atoms with van der Waals surface area (Å²) in [7, 11) is 0. The molecule has 36 heavy (non-hydrogen) atoms. The molecule has 0 aliphatic heterocycles. The standard InChI is InChI=1S/C25H22BrN3O6S/c1-3-33-17-9-11-18(12-10-17)35-13-20(30)27-23-21-19(14-36-23)22(25(32)34-4-2)28-29(24(21)31)16-7-5-15(26)6-8-16/h5-12,14H,3-4,13H2,1-2H3,(H,27,30). The normalized spacial score (nSPS) is 10.8. The predicted octanol–water partition coefficient (Wildman–Crippen LogP) is 4.80. The van der Waals surface area contributed by atoms with Crippen molar-refractivity contribution >= 4 is 54.9 Å². The molecule has 0 saturated carbocycles. The van der Waals surface area contributed by atoms with E-state index >= 15 is 0 Å². The smallest absolute Gasteiger partial charge is 0.359 e. The fraction of sp³-hybridized carbons (Fsp3) is 0.200. The van der Waals surface area contributed by atoms with Gasteiger partial charge in [0.2, 0.25) is 0 Å². The van der Waals surface area contributed by atoms with E-state index in [1.165, 1.54) is 0 Å². The molecule has 0 unspecified atom stereocenters. The molecule has 4 aromatic rings. The number of carbonyl (C=O) groups excluding carboxylic acids is 2. The SMILES string of the molecule is CCOC(=O)c1nn(-c2ccc(Br)cc2)c(=O)c2c(NC(=O)COc3ccc(OCC)cc3)scc12. The van der Waals surface area contributed by atoms with Crippen LogP contribution in [0.4, 0.5) is 5.00 Å². The van der Waals surface area contributed by atoms with Crippen molar-refractivity contribution in [1.29, 1.82) is 0 Å². The number of hydrogen-bond acceptors (Lipinski definition) is 8. The van der Waals surface area contributed by atoms with Gasteiger partial charge in [-0.3, -0.25) is 9.59 Å². The van der Waals surface area contributed by atoms with Crippen molar-refractivity contribution in [3.05, 3.63) is 74.4 Å². The zero-order chi connectivity index (χ0) is 25.7. The minimum absolute atomic E-state index is 0.0169. The molecule has 2 heterocycles. The molecule has 1 N–H and O–H groups in total. The van der Waals surface area contributed by atoms with Gasteiger partial charge < -0.3 is 19.5 Å². The molecule has 2 aromatic heterocycles. The highest BCUT2D eigenvalue weighted by Crippen LogP contribution is 2.31. The fourth-order valence-corrected chi connectivity index (χ4v) is 4.58. The Labute approximate surface area is 218 Å². The molecule has 0 saturated heterocycles. The van der Waals surface area contributed by atoms with E-state index in [1.54, 1.807) is 60.8 Å². The molecule has 0 aliphatic rings. The number of hydrogen-bond donors (Lipinski definition) is 1. The largest absolute Gasteiger partial charge is 0.494 e. The first-order valence-corrected chi connectivity index (χ1v) is 12.7. The number of nitrogens with zero attached hydrogens (tertiary/aromatic N) is 2. The zero-order valence-electron chi connectivity index (χ0n) is 19.4. The average Bonchev–Trinajstić information content (AvgIpc) is 3.29. The third-order valence-electron chi connectivity index (χ3n) is 4.95. The maximum Gasteiger partial charge on any atom is 0.359 e. The number of anilines is 1. The van der Waals surface area contributed by atoms with E-state index in [9.17, 15) is 14.4 Å². The summed E-state index contributed by atoms with van der Waals surface area (Å²) in [5.74, 6) is 0.0723. The van der Waals surface area contributed by atoms with E-state index in [4.69, 9.17) is 14.2 Å². The molecule has 0 spiro atoms. The lowest BCUT2D eigenvalue weighted by atomic mass is 10.2. The monoisotopic (exact) mass is 571 g/mol. The first kappa shape index (κ1) is 25.4. The van der Waals surface area contributed by atoms with Crippen LogP contribution < -0.4 is 20.3 Å². The molecule has 1 amide bonds. The number of esters is 1. The third kappa shape index (κ3) is 5.58. The van der Waals surface area contributed by atoms with Crippen LogP contribution in [0, 0.1) is 0 Å². The summed E-state index contributed by atoms with van der Waals surface area (Å²) in [4.78, 5) is 38.7. The van der Waals surface area contributed by atoms with Crippen LogP contribution in [0.3, 0.4) is 0 Å². The van der Waals surface area contributed by atoms with Crippen molar-refractivity contribution in [2.45, 2.75) is 13.8 Å². The minimum Gasteiger partial charge on any atom is -0.494 e. The summed E-state index contributed by atoms with van der Waals surface area (Å²) in [5.41, 5.74) is -0.0425. The topological polar surface area (TPSA) is 109 Å². The van der Waals surface area contributed by atoms with Crippen molar-refractivity contribution in [1.82, 2.24) is 9.78 Å². The van der Waals surface area contributed by atoms with Gasteiger partial charge in [-0.1, -0.05) is 15.9 Å². The van der Waals surface area contributed by atoms with Crippen LogP contribution in [0.2, 0.25) is 0 Å². The summed E-state index contributed by atoms with van der Waals surface area (Å²) >= 11 is 4.48. The van der Waals surface area contributed by atoms with Crippen LogP contribution in [0.15, 0.2) is 63.2 Å². The Kier molecular flexibility index (Phi) is 8.01. The third-order valence-corrected chi connectivity index (χ3v) is 6.37. The van der Waals surface area contributed by atoms with E-state index in [0.29, 0.717) is 29.2 Å². The quantitative estimate of drug-likeness (QED) is 0.287. The summed E-state index contributed by atoms with van der Waals surface area (Å²) < 4.78 is 18.0. The Morgan fingerprint density at radius 3 is 2.31 bits per heavy atom. The number of aromatic nitrogens is 2. The van der Waals surface area contributed by atoms with Gasteiger partial charge in [0.1, 0.15) is 16.5 Å². The Balaban J connectivity index is 1.64. The first-order valence-electron chi connectivity index (χ1n) is 11.0. The number of nitrogens with one attached hydrogen (secondary N) is 1. The van der Waals surface area contributed by atoms with Gasteiger partial charge in [-0.25, -0.2) is 4.79 Å². The Hall–Kier alpha value is -3.70. The van der Waals surface area contributed by atoms with Crippen LogP contribution in [0.5, 0.6) is 11.5 Å².